The Kier molecular flexibility index (Phi) is 6.12. The summed E-state index contributed by atoms with van der Waals surface area (Å²) >= 11 is 11.9. The van der Waals surface area contributed by atoms with Crippen LogP contribution in [0.25, 0.3) is 0 Å². The quantitative estimate of drug-likeness (QED) is 0.659. The highest BCUT2D eigenvalue weighted by atomic mass is 35.5. The number of carbonyl (C=O) groups is 2. The second kappa shape index (κ2) is 8.09. The van der Waals surface area contributed by atoms with Crippen molar-refractivity contribution in [2.24, 2.45) is 0 Å². The first-order chi connectivity index (χ1) is 11.8. The van der Waals surface area contributed by atoms with Gasteiger partial charge in [0.25, 0.3) is 0 Å². The van der Waals surface area contributed by atoms with Crippen LogP contribution < -0.4 is 10.2 Å². The number of anilines is 2. The number of amides is 1. The second-order valence-corrected chi connectivity index (χ2v) is 6.01. The van der Waals surface area contributed by atoms with Gasteiger partial charge in [-0.15, -0.1) is 0 Å². The molecule has 0 bridgehead atoms. The molecular formula is C17H16Cl2N2O4. The molecule has 0 saturated carbocycles. The van der Waals surface area contributed by atoms with Crippen LogP contribution in [0.15, 0.2) is 36.4 Å². The first-order valence-corrected chi connectivity index (χ1v) is 8.13. The van der Waals surface area contributed by atoms with Crippen molar-refractivity contribution in [1.29, 1.82) is 0 Å². The lowest BCUT2D eigenvalue weighted by Gasteiger charge is -2.23. The first-order valence-electron chi connectivity index (χ1n) is 7.38. The van der Waals surface area contributed by atoms with Crippen LogP contribution in [0.2, 0.25) is 10.0 Å². The summed E-state index contributed by atoms with van der Waals surface area (Å²) in [6.45, 7) is 2.40. The molecule has 2 aromatic carbocycles. The molecule has 0 spiro atoms. The van der Waals surface area contributed by atoms with Gasteiger partial charge < -0.3 is 20.4 Å². The summed E-state index contributed by atoms with van der Waals surface area (Å²) in [6.07, 6.45) is 0. The van der Waals surface area contributed by atoms with E-state index >= 15 is 0 Å². The zero-order chi connectivity index (χ0) is 18.6. The Morgan fingerprint density at radius 1 is 1.12 bits per heavy atom. The first kappa shape index (κ1) is 18.9. The van der Waals surface area contributed by atoms with Crippen molar-refractivity contribution in [3.63, 3.8) is 0 Å². The highest BCUT2D eigenvalue weighted by Crippen LogP contribution is 2.27. The summed E-state index contributed by atoms with van der Waals surface area (Å²) in [5.41, 5.74) is 0.641. The summed E-state index contributed by atoms with van der Waals surface area (Å²) in [4.78, 5) is 25.3. The number of hydrogen-bond acceptors (Lipinski definition) is 4. The predicted molar refractivity (Wildman–Crippen MR) is 98.0 cm³/mol. The molecule has 132 valence electrons. The molecule has 3 N–H and O–H groups in total. The SMILES string of the molecule is CCN(CC(=O)Nc1ccc(O)cc1C(=O)O)c1ccc(Cl)c(Cl)c1. The van der Waals surface area contributed by atoms with Gasteiger partial charge in [0.2, 0.25) is 5.91 Å². The summed E-state index contributed by atoms with van der Waals surface area (Å²) in [6, 6.07) is 8.76. The highest BCUT2D eigenvalue weighted by Gasteiger charge is 2.16. The van der Waals surface area contributed by atoms with Crippen molar-refractivity contribution >= 4 is 46.5 Å². The highest BCUT2D eigenvalue weighted by molar-refractivity contribution is 6.42. The smallest absolute Gasteiger partial charge is 0.337 e. The Morgan fingerprint density at radius 3 is 2.44 bits per heavy atom. The van der Waals surface area contributed by atoms with Crippen LogP contribution in [-0.2, 0) is 4.79 Å². The van der Waals surface area contributed by atoms with Gasteiger partial charge in [-0.1, -0.05) is 23.2 Å². The number of benzene rings is 2. The number of phenolic OH excluding ortho intramolecular Hbond substituents is 1. The fourth-order valence-electron chi connectivity index (χ4n) is 2.25. The third-order valence-corrected chi connectivity index (χ3v) is 4.23. The maximum atomic E-state index is 12.3. The van der Waals surface area contributed by atoms with Crippen LogP contribution in [0.5, 0.6) is 5.75 Å². The number of aromatic carboxylic acids is 1. The summed E-state index contributed by atoms with van der Waals surface area (Å²) in [7, 11) is 0. The normalized spacial score (nSPS) is 10.4. The van der Waals surface area contributed by atoms with Gasteiger partial charge in [-0.05, 0) is 43.3 Å². The van der Waals surface area contributed by atoms with Gasteiger partial charge in [0.05, 0.1) is 27.8 Å². The van der Waals surface area contributed by atoms with Gasteiger partial charge in [-0.25, -0.2) is 4.79 Å². The zero-order valence-electron chi connectivity index (χ0n) is 13.3. The second-order valence-electron chi connectivity index (χ2n) is 5.20. The van der Waals surface area contributed by atoms with E-state index in [1.165, 1.54) is 12.1 Å². The van der Waals surface area contributed by atoms with Crippen molar-refractivity contribution in [3.05, 3.63) is 52.0 Å². The minimum absolute atomic E-state index is 0.00556. The minimum Gasteiger partial charge on any atom is -0.508 e. The van der Waals surface area contributed by atoms with E-state index in [9.17, 15) is 14.7 Å². The van der Waals surface area contributed by atoms with Gasteiger partial charge in [0.1, 0.15) is 5.75 Å². The maximum Gasteiger partial charge on any atom is 0.337 e. The number of aromatic hydroxyl groups is 1. The van der Waals surface area contributed by atoms with E-state index in [1.807, 2.05) is 6.92 Å². The summed E-state index contributed by atoms with van der Waals surface area (Å²) < 4.78 is 0. The van der Waals surface area contributed by atoms with Gasteiger partial charge in [-0.2, -0.15) is 0 Å². The fraction of sp³-hybridized carbons (Fsp3) is 0.176. The topological polar surface area (TPSA) is 89.9 Å². The molecule has 0 radical (unpaired) electrons. The average molecular weight is 383 g/mol. The zero-order valence-corrected chi connectivity index (χ0v) is 14.8. The lowest BCUT2D eigenvalue weighted by Crippen LogP contribution is -2.33. The monoisotopic (exact) mass is 382 g/mol. The average Bonchev–Trinajstić information content (AvgIpc) is 2.56. The third kappa shape index (κ3) is 4.78. The van der Waals surface area contributed by atoms with Gasteiger partial charge in [0, 0.05) is 12.2 Å². The number of carboxylic acid groups (broad SMARTS) is 1. The molecule has 0 fully saturated rings. The number of nitrogens with zero attached hydrogens (tertiary/aromatic N) is 1. The van der Waals surface area contributed by atoms with Crippen molar-refractivity contribution in [3.8, 4) is 5.75 Å². The number of carbonyl (C=O) groups excluding carboxylic acids is 1. The van der Waals surface area contributed by atoms with Gasteiger partial charge >= 0.3 is 5.97 Å². The van der Waals surface area contributed by atoms with Crippen LogP contribution in [0.4, 0.5) is 11.4 Å². The van der Waals surface area contributed by atoms with E-state index in [0.717, 1.165) is 11.8 Å². The Balaban J connectivity index is 2.15. The molecule has 1 amide bonds. The molecule has 2 aromatic rings. The standard InChI is InChI=1S/C17H16Cl2N2O4/c1-2-21(10-3-5-13(18)14(19)7-10)9-16(23)20-15-6-4-11(22)8-12(15)17(24)25/h3-8,22H,2,9H2,1H3,(H,20,23)(H,24,25). The Bertz CT molecular complexity index is 811. The molecule has 0 aliphatic carbocycles. The molecule has 0 atom stereocenters. The molecular weight excluding hydrogens is 367 g/mol. The maximum absolute atomic E-state index is 12.3. The van der Waals surface area contributed by atoms with E-state index in [0.29, 0.717) is 16.6 Å². The van der Waals surface area contributed by atoms with Gasteiger partial charge in [0.15, 0.2) is 0 Å². The molecule has 0 aliphatic heterocycles. The van der Waals surface area contributed by atoms with E-state index in [4.69, 9.17) is 28.3 Å². The van der Waals surface area contributed by atoms with Crippen LogP contribution in [0, 0.1) is 0 Å². The summed E-state index contributed by atoms with van der Waals surface area (Å²) in [5.74, 6) is -1.84. The van der Waals surface area contributed by atoms with Crippen LogP contribution >= 0.6 is 23.2 Å². The number of likely N-dealkylation sites (N-methyl/N-ethyl adjacent to an activating group) is 1. The lowest BCUT2D eigenvalue weighted by atomic mass is 10.1. The van der Waals surface area contributed by atoms with Crippen molar-refractivity contribution in [1.82, 2.24) is 0 Å². The molecule has 0 aliphatic rings. The Morgan fingerprint density at radius 2 is 1.84 bits per heavy atom. The van der Waals surface area contributed by atoms with Crippen molar-refractivity contribution in [2.45, 2.75) is 6.92 Å². The van der Waals surface area contributed by atoms with Crippen molar-refractivity contribution in [2.75, 3.05) is 23.3 Å². The van der Waals surface area contributed by atoms with Gasteiger partial charge in [-0.3, -0.25) is 4.79 Å². The molecule has 25 heavy (non-hydrogen) atoms. The number of rotatable bonds is 6. The van der Waals surface area contributed by atoms with Crippen molar-refractivity contribution < 1.29 is 19.8 Å². The number of nitrogens with one attached hydrogen (secondary N) is 1. The summed E-state index contributed by atoms with van der Waals surface area (Å²) in [5, 5.41) is 21.9. The molecule has 0 aromatic heterocycles. The van der Waals surface area contributed by atoms with E-state index < -0.39 is 11.9 Å². The van der Waals surface area contributed by atoms with Crippen LogP contribution in [0.3, 0.4) is 0 Å². The molecule has 0 unspecified atom stereocenters. The molecule has 8 heteroatoms. The molecule has 6 nitrogen and oxygen atoms in total. The van der Waals surface area contributed by atoms with E-state index in [2.05, 4.69) is 5.32 Å². The van der Waals surface area contributed by atoms with Crippen LogP contribution in [-0.4, -0.2) is 35.2 Å². The molecule has 0 saturated heterocycles. The lowest BCUT2D eigenvalue weighted by molar-refractivity contribution is -0.115. The third-order valence-electron chi connectivity index (χ3n) is 3.49. The number of halogens is 2. The number of carboxylic acids is 1. The number of hydrogen-bond donors (Lipinski definition) is 3. The van der Waals surface area contributed by atoms with E-state index in [1.54, 1.807) is 23.1 Å². The number of phenols is 1. The largest absolute Gasteiger partial charge is 0.508 e. The minimum atomic E-state index is -1.25. The Hall–Kier alpha value is -2.44. The predicted octanol–water partition coefficient (Wildman–Crippen LogP) is 3.86. The Labute approximate surface area is 154 Å². The molecule has 0 heterocycles. The fourth-order valence-corrected chi connectivity index (χ4v) is 2.54. The van der Waals surface area contributed by atoms with E-state index in [-0.39, 0.29) is 23.5 Å². The van der Waals surface area contributed by atoms with Crippen LogP contribution in [0.1, 0.15) is 17.3 Å². The molecule has 2 rings (SSSR count).